The van der Waals surface area contributed by atoms with Gasteiger partial charge in [-0.25, -0.2) is 0 Å². The van der Waals surface area contributed by atoms with Crippen molar-refractivity contribution in [3.05, 3.63) is 12.3 Å². The maximum absolute atomic E-state index is 5.25. The summed E-state index contributed by atoms with van der Waals surface area (Å²) in [5.74, 6) is 0.598. The normalized spacial score (nSPS) is 24.8. The standard InChI is InChI=1S/C10H17NS/c1-10(2,3)8-5-6-11(4)9(12)7-8/h5-6,8H,7H2,1-4H3. The molecule has 0 bridgehead atoms. The monoisotopic (exact) mass is 183 g/mol. The summed E-state index contributed by atoms with van der Waals surface area (Å²) < 4.78 is 0. The second-order valence-corrected chi connectivity index (χ2v) is 4.99. The molecule has 1 rings (SSSR count). The third-order valence-electron chi connectivity index (χ3n) is 2.44. The summed E-state index contributed by atoms with van der Waals surface area (Å²) in [5.41, 5.74) is 0.335. The second kappa shape index (κ2) is 3.17. The summed E-state index contributed by atoms with van der Waals surface area (Å²) in [4.78, 5) is 3.08. The van der Waals surface area contributed by atoms with Crippen LogP contribution in [0.15, 0.2) is 12.3 Å². The van der Waals surface area contributed by atoms with Crippen LogP contribution >= 0.6 is 12.2 Å². The van der Waals surface area contributed by atoms with Gasteiger partial charge in [0.25, 0.3) is 0 Å². The van der Waals surface area contributed by atoms with Gasteiger partial charge in [-0.3, -0.25) is 0 Å². The van der Waals surface area contributed by atoms with Gasteiger partial charge in [0, 0.05) is 19.7 Å². The lowest BCUT2D eigenvalue weighted by molar-refractivity contribution is 0.289. The fraction of sp³-hybridized carbons (Fsp3) is 0.700. The molecule has 0 amide bonds. The molecule has 0 aromatic carbocycles. The highest BCUT2D eigenvalue weighted by atomic mass is 32.1. The Morgan fingerprint density at radius 2 is 2.08 bits per heavy atom. The van der Waals surface area contributed by atoms with Crippen molar-refractivity contribution in [3.8, 4) is 0 Å². The smallest absolute Gasteiger partial charge is 0.0822 e. The van der Waals surface area contributed by atoms with Crippen LogP contribution in [0.4, 0.5) is 0 Å². The number of hydrogen-bond donors (Lipinski definition) is 0. The maximum atomic E-state index is 5.25. The number of thiocarbonyl (C=S) groups is 1. The van der Waals surface area contributed by atoms with E-state index >= 15 is 0 Å². The van der Waals surface area contributed by atoms with Crippen LogP contribution in [-0.2, 0) is 0 Å². The average molecular weight is 183 g/mol. The number of allylic oxidation sites excluding steroid dienone is 1. The van der Waals surface area contributed by atoms with Crippen LogP contribution in [0.2, 0.25) is 0 Å². The lowest BCUT2D eigenvalue weighted by atomic mass is 9.78. The Morgan fingerprint density at radius 3 is 2.50 bits per heavy atom. The predicted octanol–water partition coefficient (Wildman–Crippen LogP) is 2.83. The van der Waals surface area contributed by atoms with Crippen molar-refractivity contribution < 1.29 is 0 Å². The zero-order chi connectivity index (χ0) is 9.35. The van der Waals surface area contributed by atoms with Crippen LogP contribution in [0, 0.1) is 11.3 Å². The Labute approximate surface area is 80.4 Å². The van der Waals surface area contributed by atoms with Crippen molar-refractivity contribution in [1.29, 1.82) is 0 Å². The molecule has 1 nitrogen and oxygen atoms in total. The molecule has 0 saturated carbocycles. The van der Waals surface area contributed by atoms with Crippen molar-refractivity contribution in [1.82, 2.24) is 4.90 Å². The van der Waals surface area contributed by atoms with Gasteiger partial charge in [-0.15, -0.1) is 0 Å². The van der Waals surface area contributed by atoms with E-state index in [1.54, 1.807) is 0 Å². The molecule has 1 aliphatic heterocycles. The Balaban J connectivity index is 2.74. The van der Waals surface area contributed by atoms with Crippen molar-refractivity contribution >= 4 is 17.2 Å². The average Bonchev–Trinajstić information content (AvgIpc) is 1.92. The minimum absolute atomic E-state index is 0.335. The van der Waals surface area contributed by atoms with Crippen molar-refractivity contribution in [3.63, 3.8) is 0 Å². The molecule has 1 heterocycles. The first-order valence-electron chi connectivity index (χ1n) is 4.35. The lowest BCUT2D eigenvalue weighted by Crippen LogP contribution is -2.31. The topological polar surface area (TPSA) is 3.24 Å². The van der Waals surface area contributed by atoms with Gasteiger partial charge < -0.3 is 4.90 Å². The third kappa shape index (κ3) is 2.07. The molecule has 1 aliphatic rings. The molecule has 0 aliphatic carbocycles. The Kier molecular flexibility index (Phi) is 2.57. The second-order valence-electron chi connectivity index (χ2n) is 4.52. The predicted molar refractivity (Wildman–Crippen MR) is 57.1 cm³/mol. The van der Waals surface area contributed by atoms with Gasteiger partial charge in [0.1, 0.15) is 0 Å². The lowest BCUT2D eigenvalue weighted by Gasteiger charge is -2.33. The van der Waals surface area contributed by atoms with Gasteiger partial charge in [0.2, 0.25) is 0 Å². The van der Waals surface area contributed by atoms with E-state index < -0.39 is 0 Å². The number of nitrogens with zero attached hydrogens (tertiary/aromatic N) is 1. The molecule has 1 atom stereocenters. The van der Waals surface area contributed by atoms with E-state index in [-0.39, 0.29) is 0 Å². The van der Waals surface area contributed by atoms with Gasteiger partial charge in [-0.05, 0) is 11.3 Å². The van der Waals surface area contributed by atoms with Crippen LogP contribution < -0.4 is 0 Å². The van der Waals surface area contributed by atoms with Crippen molar-refractivity contribution in [2.45, 2.75) is 27.2 Å². The molecule has 68 valence electrons. The van der Waals surface area contributed by atoms with Crippen LogP contribution in [0.25, 0.3) is 0 Å². The molecular weight excluding hydrogens is 166 g/mol. The zero-order valence-corrected chi connectivity index (χ0v) is 9.11. The summed E-state index contributed by atoms with van der Waals surface area (Å²) in [7, 11) is 2.01. The Bertz CT molecular complexity index is 212. The molecule has 0 aromatic rings. The number of rotatable bonds is 0. The van der Waals surface area contributed by atoms with Gasteiger partial charge in [-0.2, -0.15) is 0 Å². The van der Waals surface area contributed by atoms with E-state index in [2.05, 4.69) is 33.0 Å². The first kappa shape index (κ1) is 9.72. The van der Waals surface area contributed by atoms with E-state index in [9.17, 15) is 0 Å². The highest BCUT2D eigenvalue weighted by molar-refractivity contribution is 7.80. The van der Waals surface area contributed by atoms with Crippen molar-refractivity contribution in [2.24, 2.45) is 11.3 Å². The molecule has 0 fully saturated rings. The van der Waals surface area contributed by atoms with Crippen molar-refractivity contribution in [2.75, 3.05) is 7.05 Å². The first-order valence-corrected chi connectivity index (χ1v) is 4.76. The quantitative estimate of drug-likeness (QED) is 0.531. The molecule has 0 saturated heterocycles. The third-order valence-corrected chi connectivity index (χ3v) is 2.90. The molecule has 1 unspecified atom stereocenters. The molecule has 2 heteroatoms. The number of hydrogen-bond acceptors (Lipinski definition) is 1. The van der Waals surface area contributed by atoms with Crippen LogP contribution in [-0.4, -0.2) is 16.9 Å². The van der Waals surface area contributed by atoms with E-state index in [0.717, 1.165) is 11.4 Å². The molecule has 0 aromatic heterocycles. The molecule has 0 spiro atoms. The SMILES string of the molecule is CN1C=CC(C(C)(C)C)CC1=S. The highest BCUT2D eigenvalue weighted by Crippen LogP contribution is 2.32. The summed E-state index contributed by atoms with van der Waals surface area (Å²) in [5, 5.41) is 0. The fourth-order valence-corrected chi connectivity index (χ4v) is 1.55. The Morgan fingerprint density at radius 1 is 1.50 bits per heavy atom. The first-order chi connectivity index (χ1) is 5.41. The molecule has 12 heavy (non-hydrogen) atoms. The van der Waals surface area contributed by atoms with Crippen LogP contribution in [0.3, 0.4) is 0 Å². The summed E-state index contributed by atoms with van der Waals surface area (Å²) in [6, 6.07) is 0. The summed E-state index contributed by atoms with van der Waals surface area (Å²) >= 11 is 5.25. The van der Waals surface area contributed by atoms with Gasteiger partial charge in [0.05, 0.1) is 4.99 Å². The van der Waals surface area contributed by atoms with E-state index in [4.69, 9.17) is 12.2 Å². The largest absolute Gasteiger partial charge is 0.346 e. The van der Waals surface area contributed by atoms with Crippen LogP contribution in [0.1, 0.15) is 27.2 Å². The minimum Gasteiger partial charge on any atom is -0.346 e. The summed E-state index contributed by atoms with van der Waals surface area (Å²) in [6.07, 6.45) is 5.36. The molecular formula is C10H17NS. The maximum Gasteiger partial charge on any atom is 0.0822 e. The van der Waals surface area contributed by atoms with Gasteiger partial charge in [0.15, 0.2) is 0 Å². The fourth-order valence-electron chi connectivity index (χ4n) is 1.31. The van der Waals surface area contributed by atoms with E-state index in [1.807, 2.05) is 11.9 Å². The molecule has 0 radical (unpaired) electrons. The molecule has 0 N–H and O–H groups in total. The van der Waals surface area contributed by atoms with Gasteiger partial charge >= 0.3 is 0 Å². The van der Waals surface area contributed by atoms with Crippen LogP contribution in [0.5, 0.6) is 0 Å². The summed E-state index contributed by atoms with van der Waals surface area (Å²) in [6.45, 7) is 6.78. The van der Waals surface area contributed by atoms with Gasteiger partial charge in [-0.1, -0.05) is 39.1 Å². The van der Waals surface area contributed by atoms with E-state index in [1.165, 1.54) is 0 Å². The van der Waals surface area contributed by atoms with E-state index in [0.29, 0.717) is 11.3 Å². The minimum atomic E-state index is 0.335. The highest BCUT2D eigenvalue weighted by Gasteiger charge is 2.26. The Hall–Kier alpha value is -0.370. The zero-order valence-electron chi connectivity index (χ0n) is 8.29.